The number of nitrogens with zero attached hydrogens (tertiary/aromatic N) is 2. The first-order valence-electron chi connectivity index (χ1n) is 7.33. The lowest BCUT2D eigenvalue weighted by Crippen LogP contribution is -2.29. The van der Waals surface area contributed by atoms with Crippen LogP contribution in [-0.2, 0) is 19.1 Å². The van der Waals surface area contributed by atoms with Gasteiger partial charge in [0.25, 0.3) is 0 Å². The van der Waals surface area contributed by atoms with Crippen LogP contribution in [0.15, 0.2) is 0 Å². The number of hydrogen-bond donors (Lipinski definition) is 0. The van der Waals surface area contributed by atoms with E-state index in [1.165, 1.54) is 0 Å². The SMILES string of the molecule is CN(C)CCOCCC(C=O)(C=O)CCOCCN(C)C. The van der Waals surface area contributed by atoms with Crippen molar-refractivity contribution < 1.29 is 19.1 Å². The fraction of sp³-hybridized carbons (Fsp3) is 0.867. The molecule has 0 fully saturated rings. The monoisotopic (exact) mass is 302 g/mol. The number of carbonyl (C=O) groups is 2. The van der Waals surface area contributed by atoms with Crippen molar-refractivity contribution >= 4 is 12.6 Å². The highest BCUT2D eigenvalue weighted by Crippen LogP contribution is 2.21. The average Bonchev–Trinajstić information content (AvgIpc) is 2.44. The second kappa shape index (κ2) is 11.8. The van der Waals surface area contributed by atoms with Crippen LogP contribution in [0.4, 0.5) is 0 Å². The van der Waals surface area contributed by atoms with Crippen LogP contribution in [0.5, 0.6) is 0 Å². The maximum atomic E-state index is 11.2. The summed E-state index contributed by atoms with van der Waals surface area (Å²) in [6, 6.07) is 0. The van der Waals surface area contributed by atoms with Gasteiger partial charge in [-0.05, 0) is 41.0 Å². The summed E-state index contributed by atoms with van der Waals surface area (Å²) in [7, 11) is 7.87. The summed E-state index contributed by atoms with van der Waals surface area (Å²) in [5, 5.41) is 0. The Hall–Kier alpha value is -0.820. The molecule has 0 aromatic rings. The normalized spacial score (nSPS) is 12.1. The molecule has 0 bridgehead atoms. The predicted molar refractivity (Wildman–Crippen MR) is 82.5 cm³/mol. The Morgan fingerprint density at radius 3 is 1.43 bits per heavy atom. The molecule has 124 valence electrons. The van der Waals surface area contributed by atoms with Gasteiger partial charge in [0, 0.05) is 26.3 Å². The third kappa shape index (κ3) is 10.5. The highest BCUT2D eigenvalue weighted by atomic mass is 16.5. The van der Waals surface area contributed by atoms with Gasteiger partial charge < -0.3 is 28.9 Å². The van der Waals surface area contributed by atoms with Gasteiger partial charge in [-0.3, -0.25) is 0 Å². The fourth-order valence-corrected chi connectivity index (χ4v) is 1.61. The van der Waals surface area contributed by atoms with Crippen LogP contribution < -0.4 is 0 Å². The van der Waals surface area contributed by atoms with Gasteiger partial charge >= 0.3 is 0 Å². The van der Waals surface area contributed by atoms with Gasteiger partial charge in [0.15, 0.2) is 0 Å². The minimum atomic E-state index is -0.976. The van der Waals surface area contributed by atoms with E-state index >= 15 is 0 Å². The maximum Gasteiger partial charge on any atom is 0.133 e. The van der Waals surface area contributed by atoms with Crippen LogP contribution in [0.1, 0.15) is 12.8 Å². The summed E-state index contributed by atoms with van der Waals surface area (Å²) in [6.07, 6.45) is 2.27. The van der Waals surface area contributed by atoms with Crippen LogP contribution in [0, 0.1) is 5.41 Å². The molecule has 0 aliphatic heterocycles. The molecule has 0 unspecified atom stereocenters. The molecule has 6 heteroatoms. The average molecular weight is 302 g/mol. The molecule has 0 spiro atoms. The molecule has 0 aliphatic rings. The van der Waals surface area contributed by atoms with E-state index in [0.717, 1.165) is 25.7 Å². The highest BCUT2D eigenvalue weighted by Gasteiger charge is 2.28. The van der Waals surface area contributed by atoms with Gasteiger partial charge in [-0.25, -0.2) is 0 Å². The van der Waals surface area contributed by atoms with Gasteiger partial charge in [-0.15, -0.1) is 0 Å². The molecule has 0 aromatic carbocycles. The number of rotatable bonds is 14. The summed E-state index contributed by atoms with van der Waals surface area (Å²) in [4.78, 5) is 26.5. The zero-order valence-electron chi connectivity index (χ0n) is 13.8. The lowest BCUT2D eigenvalue weighted by atomic mass is 9.85. The second-order valence-corrected chi connectivity index (χ2v) is 5.80. The summed E-state index contributed by atoms with van der Waals surface area (Å²) >= 11 is 0. The minimum absolute atomic E-state index is 0.406. The number of likely N-dealkylation sites (N-methyl/N-ethyl adjacent to an activating group) is 2. The number of aldehydes is 2. The summed E-state index contributed by atoms with van der Waals surface area (Å²) in [5.41, 5.74) is -0.976. The van der Waals surface area contributed by atoms with Gasteiger partial charge in [-0.2, -0.15) is 0 Å². The second-order valence-electron chi connectivity index (χ2n) is 5.80. The molecule has 0 rings (SSSR count). The van der Waals surface area contributed by atoms with Crippen molar-refractivity contribution in [1.29, 1.82) is 0 Å². The zero-order valence-corrected chi connectivity index (χ0v) is 13.8. The zero-order chi connectivity index (χ0) is 16.1. The van der Waals surface area contributed by atoms with Crippen molar-refractivity contribution in [3.8, 4) is 0 Å². The number of ether oxygens (including phenoxy) is 2. The van der Waals surface area contributed by atoms with E-state index in [2.05, 4.69) is 0 Å². The van der Waals surface area contributed by atoms with Crippen LogP contribution in [-0.4, -0.2) is 90.1 Å². The predicted octanol–water partition coefficient (Wildman–Crippen LogP) is 0.307. The van der Waals surface area contributed by atoms with Crippen molar-refractivity contribution in [2.75, 3.05) is 67.7 Å². The largest absolute Gasteiger partial charge is 0.380 e. The molecular formula is C15H30N2O4. The topological polar surface area (TPSA) is 59.1 Å². The van der Waals surface area contributed by atoms with Crippen molar-refractivity contribution in [2.45, 2.75) is 12.8 Å². The van der Waals surface area contributed by atoms with Crippen molar-refractivity contribution in [1.82, 2.24) is 9.80 Å². The first-order chi connectivity index (χ1) is 9.95. The molecule has 0 amide bonds. The summed E-state index contributed by atoms with van der Waals surface area (Å²) in [6.45, 7) is 3.65. The van der Waals surface area contributed by atoms with Crippen molar-refractivity contribution in [3.05, 3.63) is 0 Å². The third-order valence-electron chi connectivity index (χ3n) is 3.26. The molecule has 0 N–H and O–H groups in total. The number of carbonyl (C=O) groups excluding carboxylic acids is 2. The molecule has 0 aliphatic carbocycles. The quantitative estimate of drug-likeness (QED) is 0.261. The van der Waals surface area contributed by atoms with Crippen LogP contribution in [0.25, 0.3) is 0 Å². The first kappa shape index (κ1) is 20.2. The van der Waals surface area contributed by atoms with Crippen LogP contribution in [0.2, 0.25) is 0 Å². The van der Waals surface area contributed by atoms with Gasteiger partial charge in [0.2, 0.25) is 0 Å². The highest BCUT2D eigenvalue weighted by molar-refractivity contribution is 5.83. The Kier molecular flexibility index (Phi) is 11.3. The molecule has 0 radical (unpaired) electrons. The van der Waals surface area contributed by atoms with Crippen molar-refractivity contribution in [2.24, 2.45) is 5.41 Å². The third-order valence-corrected chi connectivity index (χ3v) is 3.26. The Bertz CT molecular complexity index is 255. The summed E-state index contributed by atoms with van der Waals surface area (Å²) < 4.78 is 10.9. The fourth-order valence-electron chi connectivity index (χ4n) is 1.61. The molecule has 21 heavy (non-hydrogen) atoms. The van der Waals surface area contributed by atoms with E-state index in [1.807, 2.05) is 38.0 Å². The molecular weight excluding hydrogens is 272 g/mol. The molecule has 0 heterocycles. The van der Waals surface area contributed by atoms with E-state index < -0.39 is 5.41 Å². The molecule has 6 nitrogen and oxygen atoms in total. The Morgan fingerprint density at radius 2 is 1.14 bits per heavy atom. The lowest BCUT2D eigenvalue weighted by Gasteiger charge is -2.21. The van der Waals surface area contributed by atoms with E-state index in [-0.39, 0.29) is 0 Å². The molecule has 0 atom stereocenters. The van der Waals surface area contributed by atoms with E-state index in [9.17, 15) is 9.59 Å². The van der Waals surface area contributed by atoms with Gasteiger partial charge in [-0.1, -0.05) is 0 Å². The Labute approximate surface area is 128 Å². The molecule has 0 saturated carbocycles. The van der Waals surface area contributed by atoms with E-state index in [0.29, 0.717) is 39.3 Å². The van der Waals surface area contributed by atoms with Crippen molar-refractivity contribution in [3.63, 3.8) is 0 Å². The Balaban J connectivity index is 3.95. The molecule has 0 saturated heterocycles. The van der Waals surface area contributed by atoms with E-state index in [1.54, 1.807) is 0 Å². The molecule has 0 aromatic heterocycles. The smallest absolute Gasteiger partial charge is 0.133 e. The first-order valence-corrected chi connectivity index (χ1v) is 7.33. The van der Waals surface area contributed by atoms with E-state index in [4.69, 9.17) is 9.47 Å². The van der Waals surface area contributed by atoms with Gasteiger partial charge in [0.05, 0.1) is 18.6 Å². The summed E-state index contributed by atoms with van der Waals surface area (Å²) in [5.74, 6) is 0. The Morgan fingerprint density at radius 1 is 0.762 bits per heavy atom. The minimum Gasteiger partial charge on any atom is -0.380 e. The maximum absolute atomic E-state index is 11.2. The lowest BCUT2D eigenvalue weighted by molar-refractivity contribution is -0.129. The van der Waals surface area contributed by atoms with Crippen LogP contribution in [0.3, 0.4) is 0 Å². The number of hydrogen-bond acceptors (Lipinski definition) is 6. The van der Waals surface area contributed by atoms with Gasteiger partial charge in [0.1, 0.15) is 12.6 Å². The van der Waals surface area contributed by atoms with Crippen LogP contribution >= 0.6 is 0 Å². The standard InChI is InChI=1S/C15H30N2O4/c1-16(2)7-11-20-9-5-15(13-18,14-19)6-10-21-12-8-17(3)4/h13-14H,5-12H2,1-4H3.